The highest BCUT2D eigenvalue weighted by molar-refractivity contribution is 8.00. The van der Waals surface area contributed by atoms with E-state index in [1.807, 2.05) is 67.6 Å². The maximum absolute atomic E-state index is 12.3. The van der Waals surface area contributed by atoms with Crippen LogP contribution in [0, 0.1) is 0 Å². The van der Waals surface area contributed by atoms with Crippen LogP contribution < -0.4 is 15.7 Å². The number of hydrogen-bond acceptors (Lipinski definition) is 3. The van der Waals surface area contributed by atoms with Crippen LogP contribution >= 0.6 is 11.8 Å². The topological polar surface area (TPSA) is 49.3 Å². The van der Waals surface area contributed by atoms with E-state index in [9.17, 15) is 9.59 Å². The van der Waals surface area contributed by atoms with Crippen molar-refractivity contribution in [1.82, 2.24) is 5.32 Å². The highest BCUT2D eigenvalue weighted by Crippen LogP contribution is 2.41. The van der Waals surface area contributed by atoms with E-state index >= 15 is 0 Å². The third kappa shape index (κ3) is 4.15. The number of hydrogen-bond donors (Lipinski definition) is 2. The van der Waals surface area contributed by atoms with Gasteiger partial charge in [-0.2, -0.15) is 0 Å². The van der Waals surface area contributed by atoms with Crippen molar-refractivity contribution in [3.8, 4) is 0 Å². The molecule has 27 heavy (non-hydrogen) atoms. The Kier molecular flexibility index (Phi) is 6.13. The van der Waals surface area contributed by atoms with E-state index in [-0.39, 0.29) is 22.2 Å². The van der Waals surface area contributed by atoms with E-state index in [1.165, 1.54) is 0 Å². The van der Waals surface area contributed by atoms with Gasteiger partial charge in [0.2, 0.25) is 5.91 Å². The third-order valence-electron chi connectivity index (χ3n) is 5.62. The molecule has 5 heteroatoms. The molecule has 1 aliphatic rings. The molecule has 0 spiro atoms. The number of benzene rings is 2. The van der Waals surface area contributed by atoms with Crippen molar-refractivity contribution in [2.45, 2.75) is 49.9 Å². The zero-order chi connectivity index (χ0) is 19.5. The van der Waals surface area contributed by atoms with Crippen molar-refractivity contribution in [2.24, 2.45) is 0 Å². The largest absolute Gasteiger partial charge is 0.424 e. The van der Waals surface area contributed by atoms with Gasteiger partial charge in [-0.25, -0.2) is 0 Å². The van der Waals surface area contributed by atoms with E-state index in [1.54, 1.807) is 11.8 Å². The molecule has 3 nitrogen and oxygen atoms in total. The average Bonchev–Trinajstić information content (AvgIpc) is 2.68. The number of amides is 1. The molecule has 1 fully saturated rings. The van der Waals surface area contributed by atoms with E-state index in [4.69, 9.17) is 0 Å². The molecule has 0 bridgehead atoms. The fourth-order valence-electron chi connectivity index (χ4n) is 3.91. The van der Waals surface area contributed by atoms with Crippen LogP contribution in [0.25, 0.3) is 0 Å². The van der Waals surface area contributed by atoms with Crippen molar-refractivity contribution >= 4 is 36.4 Å². The summed E-state index contributed by atoms with van der Waals surface area (Å²) in [6.45, 7) is 6.36. The first kappa shape index (κ1) is 20.2. The van der Waals surface area contributed by atoms with Gasteiger partial charge in [0.05, 0.1) is 5.25 Å². The van der Waals surface area contributed by atoms with Crippen molar-refractivity contribution in [2.75, 3.05) is 5.75 Å². The van der Waals surface area contributed by atoms with Gasteiger partial charge in [-0.15, -0.1) is 11.8 Å². The SMILES string of the molecule is C[C@@H]1CS[C@@H](CCC(C)(C)[Si](O)(c2ccccc2)c2ccccc2)C(=O)N1. The Balaban J connectivity index is 1.88. The summed E-state index contributed by atoms with van der Waals surface area (Å²) in [7, 11) is -2.99. The molecule has 0 unspecified atom stereocenters. The van der Waals surface area contributed by atoms with E-state index < -0.39 is 8.32 Å². The molecule has 2 N–H and O–H groups in total. The fourth-order valence-corrected chi connectivity index (χ4v) is 8.77. The minimum Gasteiger partial charge on any atom is -0.424 e. The lowest BCUT2D eigenvalue weighted by Crippen LogP contribution is -2.65. The maximum Gasteiger partial charge on any atom is 0.258 e. The molecule has 1 heterocycles. The summed E-state index contributed by atoms with van der Waals surface area (Å²) in [5, 5.41) is 4.78. The lowest BCUT2D eigenvalue weighted by atomic mass is 10.0. The number of rotatable bonds is 6. The highest BCUT2D eigenvalue weighted by Gasteiger charge is 2.50. The number of nitrogens with one attached hydrogen (secondary N) is 1. The smallest absolute Gasteiger partial charge is 0.258 e. The fraction of sp³-hybridized carbons (Fsp3) is 0.409. The lowest BCUT2D eigenvalue weighted by Gasteiger charge is -2.42. The predicted molar refractivity (Wildman–Crippen MR) is 117 cm³/mol. The average molecular weight is 400 g/mol. The van der Waals surface area contributed by atoms with Gasteiger partial charge in [0.15, 0.2) is 0 Å². The molecule has 0 aliphatic carbocycles. The molecule has 3 rings (SSSR count). The zero-order valence-corrected chi connectivity index (χ0v) is 18.1. The molecule has 1 amide bonds. The first-order chi connectivity index (χ1) is 12.8. The van der Waals surface area contributed by atoms with Gasteiger partial charge < -0.3 is 10.1 Å². The predicted octanol–water partition coefficient (Wildman–Crippen LogP) is 2.92. The first-order valence-corrected chi connectivity index (χ1v) is 12.6. The number of carbonyl (C=O) groups excluding carboxylic acids is 1. The molecule has 1 aliphatic heterocycles. The number of carbonyl (C=O) groups is 1. The summed E-state index contributed by atoms with van der Waals surface area (Å²) in [6.07, 6.45) is 1.59. The van der Waals surface area contributed by atoms with Crippen LogP contribution in [-0.4, -0.2) is 36.1 Å². The van der Waals surface area contributed by atoms with Gasteiger partial charge in [0.25, 0.3) is 8.32 Å². The van der Waals surface area contributed by atoms with Crippen LogP contribution in [0.2, 0.25) is 5.04 Å². The summed E-state index contributed by atoms with van der Waals surface area (Å²) in [5.74, 6) is 1.09. The molecule has 0 radical (unpaired) electrons. The molecule has 0 saturated carbocycles. The summed E-state index contributed by atoms with van der Waals surface area (Å²) in [6, 6.07) is 20.4. The van der Waals surface area contributed by atoms with Gasteiger partial charge in [0, 0.05) is 11.8 Å². The Hall–Kier alpha value is -1.56. The molecular weight excluding hydrogens is 370 g/mol. The molecule has 0 aromatic heterocycles. The van der Waals surface area contributed by atoms with Crippen molar-refractivity contribution < 1.29 is 9.59 Å². The van der Waals surface area contributed by atoms with Crippen LogP contribution in [0.3, 0.4) is 0 Å². The molecule has 2 aromatic carbocycles. The van der Waals surface area contributed by atoms with Crippen molar-refractivity contribution in [3.05, 3.63) is 60.7 Å². The van der Waals surface area contributed by atoms with Crippen molar-refractivity contribution in [1.29, 1.82) is 0 Å². The molecule has 144 valence electrons. The molecule has 2 atom stereocenters. The standard InChI is InChI=1S/C22H29NO2SSi/c1-17-16-26-20(21(24)23-17)14-15-22(2,3)27(25,18-10-6-4-7-11-18)19-12-8-5-9-13-19/h4-13,17,20,25H,14-16H2,1-3H3,(H,23,24)/t17-,20+/m1/s1. The van der Waals surface area contributed by atoms with Crippen LogP contribution in [0.4, 0.5) is 0 Å². The Morgan fingerprint density at radius 3 is 2.07 bits per heavy atom. The maximum atomic E-state index is 12.3. The number of thioether (sulfide) groups is 1. The highest BCUT2D eigenvalue weighted by atomic mass is 32.2. The summed E-state index contributed by atoms with van der Waals surface area (Å²) in [4.78, 5) is 24.5. The Bertz CT molecular complexity index is 727. The van der Waals surface area contributed by atoms with E-state index in [0.29, 0.717) is 0 Å². The summed E-state index contributed by atoms with van der Waals surface area (Å²) in [5.41, 5.74) is 0. The quantitative estimate of drug-likeness (QED) is 0.735. The summed E-state index contributed by atoms with van der Waals surface area (Å²) >= 11 is 1.74. The minimum absolute atomic E-state index is 0.0229. The lowest BCUT2D eigenvalue weighted by molar-refractivity contribution is -0.121. The van der Waals surface area contributed by atoms with Crippen LogP contribution in [-0.2, 0) is 4.79 Å². The van der Waals surface area contributed by atoms with E-state index in [0.717, 1.165) is 29.0 Å². The minimum atomic E-state index is -2.99. The Morgan fingerprint density at radius 1 is 1.07 bits per heavy atom. The Labute approximate surface area is 167 Å². The molecular formula is C22H29NO2SSi. The zero-order valence-electron chi connectivity index (χ0n) is 16.3. The van der Waals surface area contributed by atoms with Crippen LogP contribution in [0.1, 0.15) is 33.6 Å². The second-order valence-electron chi connectivity index (χ2n) is 8.10. The Morgan fingerprint density at radius 2 is 1.59 bits per heavy atom. The monoisotopic (exact) mass is 399 g/mol. The second-order valence-corrected chi connectivity index (χ2v) is 13.3. The van der Waals surface area contributed by atoms with Crippen LogP contribution in [0.15, 0.2) is 60.7 Å². The van der Waals surface area contributed by atoms with E-state index in [2.05, 4.69) is 19.2 Å². The molecule has 2 aromatic rings. The first-order valence-electron chi connectivity index (χ1n) is 9.60. The van der Waals surface area contributed by atoms with Gasteiger partial charge in [0.1, 0.15) is 0 Å². The normalized spacial score (nSPS) is 21.0. The summed E-state index contributed by atoms with van der Waals surface area (Å²) < 4.78 is 0. The molecule has 1 saturated heterocycles. The van der Waals surface area contributed by atoms with Gasteiger partial charge in [-0.05, 0) is 35.2 Å². The van der Waals surface area contributed by atoms with Gasteiger partial charge in [-0.3, -0.25) is 4.79 Å². The van der Waals surface area contributed by atoms with Gasteiger partial charge in [-0.1, -0.05) is 74.5 Å². The van der Waals surface area contributed by atoms with Crippen molar-refractivity contribution in [3.63, 3.8) is 0 Å². The second kappa shape index (κ2) is 8.21. The van der Waals surface area contributed by atoms with Crippen LogP contribution in [0.5, 0.6) is 0 Å². The third-order valence-corrected chi connectivity index (χ3v) is 11.7. The van der Waals surface area contributed by atoms with Gasteiger partial charge >= 0.3 is 0 Å².